The van der Waals surface area contributed by atoms with Gasteiger partial charge in [0.1, 0.15) is 0 Å². The zero-order chi connectivity index (χ0) is 12.2. The lowest BCUT2D eigenvalue weighted by molar-refractivity contribution is 0.677. The first-order valence-electron chi connectivity index (χ1n) is 7.07. The van der Waals surface area contributed by atoms with Crippen molar-refractivity contribution in [2.45, 2.75) is 38.5 Å². The van der Waals surface area contributed by atoms with E-state index in [-0.39, 0.29) is 0 Å². The van der Waals surface area contributed by atoms with E-state index < -0.39 is 0 Å². The SMILES string of the molecule is c1ccc(CCc2cccc3c2CCCC3)cc1. The topological polar surface area (TPSA) is 0 Å². The highest BCUT2D eigenvalue weighted by atomic mass is 14.2. The standard InChI is InChI=1S/C18H20/c1-2-7-15(8-3-1)13-14-17-11-6-10-16-9-4-5-12-18(16)17/h1-3,6-8,10-11H,4-5,9,12-14H2. The summed E-state index contributed by atoms with van der Waals surface area (Å²) in [4.78, 5) is 0. The van der Waals surface area contributed by atoms with Crippen LogP contribution in [0.1, 0.15) is 35.1 Å². The lowest BCUT2D eigenvalue weighted by Crippen LogP contribution is -2.07. The monoisotopic (exact) mass is 236 g/mol. The lowest BCUT2D eigenvalue weighted by Gasteiger charge is -2.19. The van der Waals surface area contributed by atoms with Crippen LogP contribution >= 0.6 is 0 Å². The molecule has 0 radical (unpaired) electrons. The normalized spacial score (nSPS) is 14.2. The number of aryl methyl sites for hydroxylation is 3. The van der Waals surface area contributed by atoms with Crippen LogP contribution in [0, 0.1) is 0 Å². The average Bonchev–Trinajstić information content (AvgIpc) is 2.46. The summed E-state index contributed by atoms with van der Waals surface area (Å²) in [7, 11) is 0. The highest BCUT2D eigenvalue weighted by Gasteiger charge is 2.12. The molecule has 1 aliphatic carbocycles. The van der Waals surface area contributed by atoms with E-state index >= 15 is 0 Å². The van der Waals surface area contributed by atoms with Gasteiger partial charge in [-0.2, -0.15) is 0 Å². The van der Waals surface area contributed by atoms with Crippen LogP contribution in [0.5, 0.6) is 0 Å². The molecule has 0 heteroatoms. The molecule has 3 rings (SSSR count). The van der Waals surface area contributed by atoms with Gasteiger partial charge in [-0.1, -0.05) is 48.5 Å². The summed E-state index contributed by atoms with van der Waals surface area (Å²) in [6.07, 6.45) is 7.67. The minimum atomic E-state index is 1.16. The lowest BCUT2D eigenvalue weighted by atomic mass is 9.86. The molecule has 0 saturated heterocycles. The second-order valence-electron chi connectivity index (χ2n) is 5.25. The Morgan fingerprint density at radius 2 is 1.56 bits per heavy atom. The third-order valence-electron chi connectivity index (χ3n) is 4.02. The summed E-state index contributed by atoms with van der Waals surface area (Å²) in [5.74, 6) is 0. The Morgan fingerprint density at radius 3 is 2.44 bits per heavy atom. The van der Waals surface area contributed by atoms with Crippen molar-refractivity contribution >= 4 is 0 Å². The van der Waals surface area contributed by atoms with E-state index in [1.54, 1.807) is 16.7 Å². The van der Waals surface area contributed by atoms with Crippen LogP contribution in [0.25, 0.3) is 0 Å². The second kappa shape index (κ2) is 5.39. The Bertz CT molecular complexity index is 511. The number of rotatable bonds is 3. The Morgan fingerprint density at radius 1 is 0.722 bits per heavy atom. The zero-order valence-corrected chi connectivity index (χ0v) is 10.9. The van der Waals surface area contributed by atoms with E-state index in [0.717, 1.165) is 6.42 Å². The number of hydrogen-bond donors (Lipinski definition) is 0. The molecule has 0 bridgehead atoms. The Labute approximate surface area is 110 Å². The van der Waals surface area contributed by atoms with Crippen molar-refractivity contribution in [2.75, 3.05) is 0 Å². The van der Waals surface area contributed by atoms with Gasteiger partial charge >= 0.3 is 0 Å². The molecule has 0 amide bonds. The molecular formula is C18H20. The molecule has 0 saturated carbocycles. The third kappa shape index (κ3) is 2.48. The quantitative estimate of drug-likeness (QED) is 0.743. The largest absolute Gasteiger partial charge is 0.0622 e. The Kier molecular flexibility index (Phi) is 3.45. The van der Waals surface area contributed by atoms with Crippen molar-refractivity contribution in [3.63, 3.8) is 0 Å². The van der Waals surface area contributed by atoms with Crippen LogP contribution in [-0.2, 0) is 25.7 Å². The van der Waals surface area contributed by atoms with Crippen LogP contribution in [0.3, 0.4) is 0 Å². The molecule has 1 aliphatic rings. The molecule has 0 nitrogen and oxygen atoms in total. The smallest absolute Gasteiger partial charge is 0.0235 e. The fraction of sp³-hybridized carbons (Fsp3) is 0.333. The van der Waals surface area contributed by atoms with E-state index in [4.69, 9.17) is 0 Å². The van der Waals surface area contributed by atoms with Gasteiger partial charge in [0.15, 0.2) is 0 Å². The predicted octanol–water partition coefficient (Wildman–Crippen LogP) is 4.35. The van der Waals surface area contributed by atoms with Gasteiger partial charge < -0.3 is 0 Å². The summed E-state index contributed by atoms with van der Waals surface area (Å²) in [6.45, 7) is 0. The summed E-state index contributed by atoms with van der Waals surface area (Å²) in [6, 6.07) is 17.7. The molecule has 2 aromatic rings. The molecule has 0 unspecified atom stereocenters. The molecule has 2 aromatic carbocycles. The van der Waals surface area contributed by atoms with Gasteiger partial charge in [0.25, 0.3) is 0 Å². The Hall–Kier alpha value is -1.56. The van der Waals surface area contributed by atoms with Crippen molar-refractivity contribution in [2.24, 2.45) is 0 Å². The molecule has 0 spiro atoms. The Balaban J connectivity index is 1.77. The van der Waals surface area contributed by atoms with Crippen molar-refractivity contribution < 1.29 is 0 Å². The third-order valence-corrected chi connectivity index (χ3v) is 4.02. The van der Waals surface area contributed by atoms with Crippen LogP contribution in [-0.4, -0.2) is 0 Å². The van der Waals surface area contributed by atoms with Crippen LogP contribution in [0.15, 0.2) is 48.5 Å². The van der Waals surface area contributed by atoms with Crippen LogP contribution in [0.4, 0.5) is 0 Å². The van der Waals surface area contributed by atoms with Gasteiger partial charge in [-0.25, -0.2) is 0 Å². The predicted molar refractivity (Wildman–Crippen MR) is 76.9 cm³/mol. The van der Waals surface area contributed by atoms with Gasteiger partial charge in [-0.05, 0) is 60.8 Å². The molecule has 18 heavy (non-hydrogen) atoms. The molecule has 0 N–H and O–H groups in total. The average molecular weight is 236 g/mol. The fourth-order valence-electron chi connectivity index (χ4n) is 3.02. The van der Waals surface area contributed by atoms with E-state index in [9.17, 15) is 0 Å². The minimum absolute atomic E-state index is 1.16. The van der Waals surface area contributed by atoms with Gasteiger partial charge in [-0.15, -0.1) is 0 Å². The first-order chi connectivity index (χ1) is 8.93. The number of fused-ring (bicyclic) bond motifs is 1. The zero-order valence-electron chi connectivity index (χ0n) is 10.9. The highest BCUT2D eigenvalue weighted by molar-refractivity contribution is 5.37. The molecule has 0 fully saturated rings. The van der Waals surface area contributed by atoms with Crippen molar-refractivity contribution in [1.82, 2.24) is 0 Å². The fourth-order valence-corrected chi connectivity index (χ4v) is 3.02. The summed E-state index contributed by atoms with van der Waals surface area (Å²) < 4.78 is 0. The second-order valence-corrected chi connectivity index (χ2v) is 5.25. The van der Waals surface area contributed by atoms with Crippen molar-refractivity contribution in [3.8, 4) is 0 Å². The first-order valence-corrected chi connectivity index (χ1v) is 7.07. The molecule has 0 aliphatic heterocycles. The van der Waals surface area contributed by atoms with E-state index in [1.807, 2.05) is 0 Å². The molecule has 92 valence electrons. The maximum absolute atomic E-state index is 2.33. The van der Waals surface area contributed by atoms with E-state index in [0.29, 0.717) is 0 Å². The van der Waals surface area contributed by atoms with Gasteiger partial charge in [-0.3, -0.25) is 0 Å². The van der Waals surface area contributed by atoms with Crippen LogP contribution < -0.4 is 0 Å². The first kappa shape index (κ1) is 11.5. The van der Waals surface area contributed by atoms with E-state index in [2.05, 4.69) is 48.5 Å². The number of benzene rings is 2. The summed E-state index contributed by atoms with van der Waals surface area (Å²) in [5, 5.41) is 0. The minimum Gasteiger partial charge on any atom is -0.0622 e. The highest BCUT2D eigenvalue weighted by Crippen LogP contribution is 2.25. The van der Waals surface area contributed by atoms with Crippen molar-refractivity contribution in [1.29, 1.82) is 0 Å². The number of hydrogen-bond acceptors (Lipinski definition) is 0. The molecule has 0 aromatic heterocycles. The molecule has 0 heterocycles. The van der Waals surface area contributed by atoms with Gasteiger partial charge in [0.2, 0.25) is 0 Å². The molecular weight excluding hydrogens is 216 g/mol. The maximum Gasteiger partial charge on any atom is -0.0235 e. The maximum atomic E-state index is 2.33. The van der Waals surface area contributed by atoms with Gasteiger partial charge in [0, 0.05) is 0 Å². The summed E-state index contributed by atoms with van der Waals surface area (Å²) in [5.41, 5.74) is 6.29. The van der Waals surface area contributed by atoms with Gasteiger partial charge in [0.05, 0.1) is 0 Å². The van der Waals surface area contributed by atoms with Crippen LogP contribution in [0.2, 0.25) is 0 Å². The van der Waals surface area contributed by atoms with Crippen molar-refractivity contribution in [3.05, 3.63) is 70.8 Å². The molecule has 0 atom stereocenters. The van der Waals surface area contributed by atoms with E-state index in [1.165, 1.54) is 37.7 Å². The summed E-state index contributed by atoms with van der Waals surface area (Å²) >= 11 is 0.